The molecule has 0 radical (unpaired) electrons. The van der Waals surface area contributed by atoms with Crippen LogP contribution in [0.1, 0.15) is 35.4 Å². The molecular formula is C15H20N2O3S. The van der Waals surface area contributed by atoms with E-state index in [0.29, 0.717) is 12.3 Å². The topological polar surface area (TPSA) is 85.3 Å². The fourth-order valence-electron chi connectivity index (χ4n) is 2.28. The standard InChI is InChI=1S/C15H20N2O3S/c1-10-4-6-14(11(2)8-10)12(3)17-9-13-5-7-15(20-13)21(16,18)19/h4-8,12,17H,9H2,1-3H3,(H2,16,18,19). The van der Waals surface area contributed by atoms with Gasteiger partial charge in [-0.3, -0.25) is 0 Å². The summed E-state index contributed by atoms with van der Waals surface area (Å²) in [6, 6.07) is 9.43. The van der Waals surface area contributed by atoms with Crippen molar-refractivity contribution in [3.8, 4) is 0 Å². The van der Waals surface area contributed by atoms with Gasteiger partial charge in [0.2, 0.25) is 5.09 Å². The molecule has 0 aliphatic rings. The summed E-state index contributed by atoms with van der Waals surface area (Å²) in [6.07, 6.45) is 0. The summed E-state index contributed by atoms with van der Waals surface area (Å²) in [7, 11) is -3.78. The van der Waals surface area contributed by atoms with E-state index in [9.17, 15) is 8.42 Å². The molecule has 6 heteroatoms. The number of nitrogens with one attached hydrogen (secondary N) is 1. The molecule has 1 aromatic carbocycles. The summed E-state index contributed by atoms with van der Waals surface area (Å²) in [5, 5.41) is 8.11. The van der Waals surface area contributed by atoms with Gasteiger partial charge in [-0.15, -0.1) is 0 Å². The summed E-state index contributed by atoms with van der Waals surface area (Å²) in [5.74, 6) is 0.538. The Balaban J connectivity index is 2.04. The quantitative estimate of drug-likeness (QED) is 0.888. The monoisotopic (exact) mass is 308 g/mol. The summed E-state index contributed by atoms with van der Waals surface area (Å²) in [4.78, 5) is 0. The van der Waals surface area contributed by atoms with Gasteiger partial charge in [-0.1, -0.05) is 23.8 Å². The number of rotatable bonds is 5. The minimum atomic E-state index is -3.78. The highest BCUT2D eigenvalue weighted by molar-refractivity contribution is 7.89. The van der Waals surface area contributed by atoms with Gasteiger partial charge in [0.25, 0.3) is 10.0 Å². The summed E-state index contributed by atoms with van der Waals surface area (Å²) < 4.78 is 27.5. The molecule has 0 saturated heterocycles. The minimum absolute atomic E-state index is 0.133. The van der Waals surface area contributed by atoms with Gasteiger partial charge in [0.1, 0.15) is 5.76 Å². The molecule has 0 amide bonds. The number of furan rings is 1. The molecule has 0 aliphatic carbocycles. The van der Waals surface area contributed by atoms with Crippen LogP contribution in [0.4, 0.5) is 0 Å². The van der Waals surface area contributed by atoms with E-state index in [-0.39, 0.29) is 11.1 Å². The second-order valence-electron chi connectivity index (χ2n) is 5.23. The zero-order valence-corrected chi connectivity index (χ0v) is 13.2. The van der Waals surface area contributed by atoms with Crippen LogP contribution in [0.2, 0.25) is 0 Å². The van der Waals surface area contributed by atoms with Gasteiger partial charge >= 0.3 is 0 Å². The van der Waals surface area contributed by atoms with E-state index in [4.69, 9.17) is 9.56 Å². The lowest BCUT2D eigenvalue weighted by atomic mass is 10.0. The third-order valence-electron chi connectivity index (χ3n) is 3.39. The Labute approximate surface area is 125 Å². The van der Waals surface area contributed by atoms with E-state index in [0.717, 1.165) is 0 Å². The van der Waals surface area contributed by atoms with Crippen molar-refractivity contribution in [3.05, 3.63) is 52.8 Å². The molecule has 0 bridgehead atoms. The normalized spacial score (nSPS) is 13.3. The van der Waals surface area contributed by atoms with Crippen molar-refractivity contribution in [2.45, 2.75) is 38.5 Å². The average molecular weight is 308 g/mol. The minimum Gasteiger partial charge on any atom is -0.447 e. The number of hydrogen-bond acceptors (Lipinski definition) is 4. The van der Waals surface area contributed by atoms with E-state index in [1.165, 1.54) is 22.8 Å². The van der Waals surface area contributed by atoms with Crippen LogP contribution in [-0.4, -0.2) is 8.42 Å². The van der Waals surface area contributed by atoms with Crippen LogP contribution in [0.25, 0.3) is 0 Å². The molecular weight excluding hydrogens is 288 g/mol. The molecule has 2 rings (SSSR count). The molecule has 0 spiro atoms. The van der Waals surface area contributed by atoms with Crippen molar-refractivity contribution in [2.75, 3.05) is 0 Å². The average Bonchev–Trinajstić information content (AvgIpc) is 2.84. The van der Waals surface area contributed by atoms with Crippen LogP contribution >= 0.6 is 0 Å². The van der Waals surface area contributed by atoms with E-state index in [2.05, 4.69) is 44.3 Å². The second-order valence-corrected chi connectivity index (χ2v) is 6.72. The maximum atomic E-state index is 11.1. The van der Waals surface area contributed by atoms with Crippen molar-refractivity contribution < 1.29 is 12.8 Å². The Hall–Kier alpha value is -1.63. The van der Waals surface area contributed by atoms with Gasteiger partial charge in [-0.2, -0.15) is 0 Å². The number of hydrogen-bond donors (Lipinski definition) is 2. The zero-order valence-electron chi connectivity index (χ0n) is 12.4. The number of nitrogens with two attached hydrogens (primary N) is 1. The van der Waals surface area contributed by atoms with Crippen LogP contribution in [0.5, 0.6) is 0 Å². The first kappa shape index (κ1) is 15.8. The van der Waals surface area contributed by atoms with Gasteiger partial charge < -0.3 is 9.73 Å². The maximum absolute atomic E-state index is 11.1. The van der Waals surface area contributed by atoms with Gasteiger partial charge in [0.15, 0.2) is 0 Å². The lowest BCUT2D eigenvalue weighted by molar-refractivity contribution is 0.393. The number of sulfonamides is 1. The van der Waals surface area contributed by atoms with Gasteiger partial charge in [-0.05, 0) is 44.0 Å². The first-order chi connectivity index (χ1) is 9.77. The predicted octanol–water partition coefficient (Wildman–Crippen LogP) is 2.39. The highest BCUT2D eigenvalue weighted by atomic mass is 32.2. The highest BCUT2D eigenvalue weighted by Gasteiger charge is 2.14. The Kier molecular flexibility index (Phi) is 4.51. The number of aryl methyl sites for hydroxylation is 2. The fourth-order valence-corrected chi connectivity index (χ4v) is 2.76. The Bertz CT molecular complexity index is 735. The molecule has 5 nitrogen and oxygen atoms in total. The molecule has 21 heavy (non-hydrogen) atoms. The lowest BCUT2D eigenvalue weighted by Crippen LogP contribution is -2.18. The molecule has 1 unspecified atom stereocenters. The highest BCUT2D eigenvalue weighted by Crippen LogP contribution is 2.19. The van der Waals surface area contributed by atoms with Crippen molar-refractivity contribution in [3.63, 3.8) is 0 Å². The SMILES string of the molecule is Cc1ccc(C(C)NCc2ccc(S(N)(=O)=O)o2)c(C)c1. The molecule has 3 N–H and O–H groups in total. The molecule has 0 fully saturated rings. The van der Waals surface area contributed by atoms with Crippen molar-refractivity contribution in [1.82, 2.24) is 5.32 Å². The predicted molar refractivity (Wildman–Crippen MR) is 81.3 cm³/mol. The number of primary sulfonamides is 1. The third-order valence-corrected chi connectivity index (χ3v) is 4.17. The largest absolute Gasteiger partial charge is 0.447 e. The van der Waals surface area contributed by atoms with E-state index in [1.807, 2.05) is 0 Å². The van der Waals surface area contributed by atoms with Crippen LogP contribution < -0.4 is 10.5 Å². The molecule has 114 valence electrons. The van der Waals surface area contributed by atoms with Gasteiger partial charge in [0, 0.05) is 6.04 Å². The molecule has 1 aromatic heterocycles. The molecule has 1 atom stereocenters. The Morgan fingerprint density at radius 1 is 1.24 bits per heavy atom. The lowest BCUT2D eigenvalue weighted by Gasteiger charge is -2.16. The first-order valence-electron chi connectivity index (χ1n) is 6.69. The summed E-state index contributed by atoms with van der Waals surface area (Å²) >= 11 is 0. The van der Waals surface area contributed by atoms with Crippen molar-refractivity contribution >= 4 is 10.0 Å². The first-order valence-corrected chi connectivity index (χ1v) is 8.24. The fraction of sp³-hybridized carbons (Fsp3) is 0.333. The molecule has 2 aromatic rings. The van der Waals surface area contributed by atoms with E-state index < -0.39 is 10.0 Å². The van der Waals surface area contributed by atoms with Gasteiger partial charge in [0.05, 0.1) is 6.54 Å². The van der Waals surface area contributed by atoms with E-state index in [1.54, 1.807) is 6.07 Å². The third kappa shape index (κ3) is 3.93. The second kappa shape index (κ2) is 6.01. The van der Waals surface area contributed by atoms with Crippen LogP contribution in [0.15, 0.2) is 39.8 Å². The molecule has 0 aliphatic heterocycles. The summed E-state index contributed by atoms with van der Waals surface area (Å²) in [5.41, 5.74) is 3.66. The zero-order chi connectivity index (χ0) is 15.6. The van der Waals surface area contributed by atoms with Crippen molar-refractivity contribution in [1.29, 1.82) is 0 Å². The van der Waals surface area contributed by atoms with Crippen molar-refractivity contribution in [2.24, 2.45) is 5.14 Å². The molecule has 0 saturated carbocycles. The summed E-state index contributed by atoms with van der Waals surface area (Å²) in [6.45, 7) is 6.63. The molecule has 1 heterocycles. The number of benzene rings is 1. The van der Waals surface area contributed by atoms with E-state index >= 15 is 0 Å². The Morgan fingerprint density at radius 2 is 1.95 bits per heavy atom. The maximum Gasteiger partial charge on any atom is 0.271 e. The smallest absolute Gasteiger partial charge is 0.271 e. The van der Waals surface area contributed by atoms with Crippen LogP contribution in [0, 0.1) is 13.8 Å². The van der Waals surface area contributed by atoms with Gasteiger partial charge in [-0.25, -0.2) is 13.6 Å². The Morgan fingerprint density at radius 3 is 2.52 bits per heavy atom. The van der Waals surface area contributed by atoms with Crippen LogP contribution in [0.3, 0.4) is 0 Å². The van der Waals surface area contributed by atoms with Crippen LogP contribution in [-0.2, 0) is 16.6 Å².